The summed E-state index contributed by atoms with van der Waals surface area (Å²) in [6.45, 7) is 0. The predicted octanol–water partition coefficient (Wildman–Crippen LogP) is 4.37. The summed E-state index contributed by atoms with van der Waals surface area (Å²) in [7, 11) is 0. The average Bonchev–Trinajstić information content (AvgIpc) is 2.68. The lowest BCUT2D eigenvalue weighted by atomic mass is 10.0. The molecule has 2 N–H and O–H groups in total. The number of fused-ring (bicyclic) bond motifs is 1. The van der Waals surface area contributed by atoms with Crippen molar-refractivity contribution in [2.24, 2.45) is 0 Å². The molecule has 4 aromatic rings. The smallest absolute Gasteiger partial charge is 0.341 e. The zero-order valence-corrected chi connectivity index (χ0v) is 13.6. The van der Waals surface area contributed by atoms with Crippen molar-refractivity contribution in [2.45, 2.75) is 0 Å². The summed E-state index contributed by atoms with van der Waals surface area (Å²) in [4.78, 5) is 20.9. The molecule has 26 heavy (non-hydrogen) atoms. The summed E-state index contributed by atoms with van der Waals surface area (Å²) in [5.41, 5.74) is 3.26. The number of carbonyl (C=O) groups is 1. The predicted molar refractivity (Wildman–Crippen MR) is 99.0 cm³/mol. The van der Waals surface area contributed by atoms with Gasteiger partial charge in [-0.2, -0.15) is 0 Å². The molecule has 1 aromatic heterocycles. The maximum absolute atomic E-state index is 11.6. The van der Waals surface area contributed by atoms with Crippen LogP contribution in [0.2, 0.25) is 0 Å². The van der Waals surface area contributed by atoms with Gasteiger partial charge in [-0.3, -0.25) is 0 Å². The van der Waals surface area contributed by atoms with Gasteiger partial charge in [-0.05, 0) is 12.1 Å². The van der Waals surface area contributed by atoms with Crippen LogP contribution in [0.3, 0.4) is 0 Å². The van der Waals surface area contributed by atoms with E-state index in [0.29, 0.717) is 16.9 Å². The van der Waals surface area contributed by atoms with Crippen LogP contribution in [-0.2, 0) is 0 Å². The molecule has 1 heterocycles. The molecule has 4 rings (SSSR count). The monoisotopic (exact) mass is 342 g/mol. The van der Waals surface area contributed by atoms with Crippen molar-refractivity contribution in [3.05, 3.63) is 78.4 Å². The van der Waals surface area contributed by atoms with E-state index in [9.17, 15) is 15.0 Å². The molecular formula is C21H14N2O3. The van der Waals surface area contributed by atoms with E-state index in [1.54, 1.807) is 6.07 Å². The normalized spacial score (nSPS) is 10.8. The number of phenols is 1. The molecule has 0 amide bonds. The Balaban J connectivity index is 2.10. The van der Waals surface area contributed by atoms with Crippen LogP contribution >= 0.6 is 0 Å². The van der Waals surface area contributed by atoms with Gasteiger partial charge in [-0.25, -0.2) is 14.8 Å². The molecule has 5 nitrogen and oxygen atoms in total. The van der Waals surface area contributed by atoms with E-state index in [4.69, 9.17) is 0 Å². The number of rotatable bonds is 3. The van der Waals surface area contributed by atoms with Crippen LogP contribution in [0.4, 0.5) is 0 Å². The van der Waals surface area contributed by atoms with Crippen molar-refractivity contribution >= 4 is 17.0 Å². The van der Waals surface area contributed by atoms with Crippen LogP contribution in [0.15, 0.2) is 72.8 Å². The number of hydrogen-bond acceptors (Lipinski definition) is 4. The van der Waals surface area contributed by atoms with Crippen LogP contribution in [-0.4, -0.2) is 26.2 Å². The van der Waals surface area contributed by atoms with Crippen LogP contribution in [0.1, 0.15) is 10.4 Å². The molecule has 5 heteroatoms. The van der Waals surface area contributed by atoms with Gasteiger partial charge in [0, 0.05) is 11.1 Å². The largest absolute Gasteiger partial charge is 0.507 e. The first-order valence-electron chi connectivity index (χ1n) is 8.03. The maximum Gasteiger partial charge on any atom is 0.341 e. The highest BCUT2D eigenvalue weighted by Gasteiger charge is 2.20. The van der Waals surface area contributed by atoms with Crippen molar-refractivity contribution < 1.29 is 15.0 Å². The van der Waals surface area contributed by atoms with Gasteiger partial charge >= 0.3 is 5.97 Å². The minimum Gasteiger partial charge on any atom is -0.507 e. The highest BCUT2D eigenvalue weighted by Crippen LogP contribution is 2.33. The highest BCUT2D eigenvalue weighted by atomic mass is 16.4. The standard InChI is InChI=1S/C21H14N2O3/c24-16-12-11-15-20(17(16)21(25)26)23-19(14-9-5-2-6-10-14)18(22-15)13-7-3-1-4-8-13/h1-12,24H,(H,25,26). The lowest BCUT2D eigenvalue weighted by Gasteiger charge is -2.12. The third kappa shape index (κ3) is 2.65. The molecule has 0 saturated heterocycles. The SMILES string of the molecule is O=C(O)c1c(O)ccc2nc(-c3ccccc3)c(-c3ccccc3)nc12. The van der Waals surface area contributed by atoms with Gasteiger partial charge in [0.25, 0.3) is 0 Å². The van der Waals surface area contributed by atoms with E-state index < -0.39 is 5.97 Å². The van der Waals surface area contributed by atoms with Crippen molar-refractivity contribution in [1.29, 1.82) is 0 Å². The summed E-state index contributed by atoms with van der Waals surface area (Å²) in [5, 5.41) is 19.5. The Morgan fingerprint density at radius 1 is 0.731 bits per heavy atom. The summed E-state index contributed by atoms with van der Waals surface area (Å²) < 4.78 is 0. The summed E-state index contributed by atoms with van der Waals surface area (Å²) in [6, 6.07) is 22.0. The fourth-order valence-electron chi connectivity index (χ4n) is 2.92. The van der Waals surface area contributed by atoms with Gasteiger partial charge in [-0.15, -0.1) is 0 Å². The van der Waals surface area contributed by atoms with Crippen LogP contribution in [0, 0.1) is 0 Å². The van der Waals surface area contributed by atoms with E-state index in [0.717, 1.165) is 11.1 Å². The topological polar surface area (TPSA) is 83.3 Å². The second kappa shape index (κ2) is 6.29. The van der Waals surface area contributed by atoms with Crippen LogP contribution < -0.4 is 0 Å². The minimum atomic E-state index is -1.24. The van der Waals surface area contributed by atoms with E-state index in [1.165, 1.54) is 6.07 Å². The summed E-state index contributed by atoms with van der Waals surface area (Å²) in [6.07, 6.45) is 0. The second-order valence-electron chi connectivity index (χ2n) is 5.79. The first kappa shape index (κ1) is 15.8. The van der Waals surface area contributed by atoms with Crippen LogP contribution in [0.5, 0.6) is 5.75 Å². The number of benzene rings is 3. The lowest BCUT2D eigenvalue weighted by molar-refractivity contribution is 0.0696. The van der Waals surface area contributed by atoms with Gasteiger partial charge in [0.05, 0.1) is 16.9 Å². The Hall–Kier alpha value is -3.73. The number of carboxylic acids is 1. The Bertz CT molecular complexity index is 1110. The molecule has 0 saturated carbocycles. The molecule has 3 aromatic carbocycles. The molecule has 0 atom stereocenters. The number of hydrogen-bond donors (Lipinski definition) is 2. The summed E-state index contributed by atoms with van der Waals surface area (Å²) >= 11 is 0. The Morgan fingerprint density at radius 2 is 1.27 bits per heavy atom. The quantitative estimate of drug-likeness (QED) is 0.578. The number of aromatic nitrogens is 2. The molecule has 126 valence electrons. The number of nitrogens with zero attached hydrogens (tertiary/aromatic N) is 2. The zero-order valence-electron chi connectivity index (χ0n) is 13.6. The van der Waals surface area contributed by atoms with Crippen molar-refractivity contribution in [1.82, 2.24) is 9.97 Å². The molecule has 0 unspecified atom stereocenters. The third-order valence-electron chi connectivity index (χ3n) is 4.12. The molecule has 0 spiro atoms. The van der Waals surface area contributed by atoms with Crippen molar-refractivity contribution in [3.63, 3.8) is 0 Å². The molecule has 0 aliphatic rings. The zero-order chi connectivity index (χ0) is 18.1. The Kier molecular flexibility index (Phi) is 3.82. The lowest BCUT2D eigenvalue weighted by Crippen LogP contribution is -2.03. The van der Waals surface area contributed by atoms with Gasteiger partial charge in [-0.1, -0.05) is 60.7 Å². The van der Waals surface area contributed by atoms with Gasteiger partial charge in [0.15, 0.2) is 0 Å². The van der Waals surface area contributed by atoms with E-state index >= 15 is 0 Å². The molecule has 0 radical (unpaired) electrons. The summed E-state index contributed by atoms with van der Waals surface area (Å²) in [5.74, 6) is -1.57. The highest BCUT2D eigenvalue weighted by molar-refractivity contribution is 6.04. The Labute approximate surface area is 149 Å². The van der Waals surface area contributed by atoms with Crippen molar-refractivity contribution in [2.75, 3.05) is 0 Å². The second-order valence-corrected chi connectivity index (χ2v) is 5.79. The number of aromatic hydroxyl groups is 1. The van der Waals surface area contributed by atoms with Crippen LogP contribution in [0.25, 0.3) is 33.5 Å². The average molecular weight is 342 g/mol. The van der Waals surface area contributed by atoms with E-state index in [1.807, 2.05) is 60.7 Å². The van der Waals surface area contributed by atoms with Gasteiger partial charge < -0.3 is 10.2 Å². The molecule has 0 bridgehead atoms. The van der Waals surface area contributed by atoms with Gasteiger partial charge in [0.2, 0.25) is 0 Å². The fraction of sp³-hybridized carbons (Fsp3) is 0. The minimum absolute atomic E-state index is 0.163. The molecule has 0 aliphatic carbocycles. The first-order chi connectivity index (χ1) is 12.6. The number of aromatic carboxylic acids is 1. The van der Waals surface area contributed by atoms with Gasteiger partial charge in [0.1, 0.15) is 16.8 Å². The Morgan fingerprint density at radius 3 is 1.81 bits per heavy atom. The first-order valence-corrected chi connectivity index (χ1v) is 8.03. The fourth-order valence-corrected chi connectivity index (χ4v) is 2.92. The van der Waals surface area contributed by atoms with E-state index in [-0.39, 0.29) is 16.8 Å². The molecule has 0 aliphatic heterocycles. The molecule has 0 fully saturated rings. The number of carboxylic acid groups (broad SMARTS) is 1. The van der Waals surface area contributed by atoms with E-state index in [2.05, 4.69) is 9.97 Å². The maximum atomic E-state index is 11.6. The molecular weight excluding hydrogens is 328 g/mol. The van der Waals surface area contributed by atoms with Crippen molar-refractivity contribution in [3.8, 4) is 28.3 Å². The third-order valence-corrected chi connectivity index (χ3v) is 4.12.